The van der Waals surface area contributed by atoms with Crippen molar-refractivity contribution in [3.63, 3.8) is 0 Å². The third kappa shape index (κ3) is 1.89. The van der Waals surface area contributed by atoms with Gasteiger partial charge in [-0.2, -0.15) is 0 Å². The van der Waals surface area contributed by atoms with Crippen molar-refractivity contribution < 1.29 is 9.53 Å². The summed E-state index contributed by atoms with van der Waals surface area (Å²) in [5.41, 5.74) is 1.76. The second kappa shape index (κ2) is 4.32. The van der Waals surface area contributed by atoms with Crippen LogP contribution in [0, 0.1) is 11.8 Å². The lowest BCUT2D eigenvalue weighted by Crippen LogP contribution is -2.04. The molecule has 6 nitrogen and oxygen atoms in total. The van der Waals surface area contributed by atoms with Crippen LogP contribution in [0.2, 0.25) is 0 Å². The normalized spacial score (nSPS) is 10.5. The average Bonchev–Trinajstić information content (AvgIpc) is 2.67. The van der Waals surface area contributed by atoms with Crippen LogP contribution in [-0.2, 0) is 16.0 Å². The van der Waals surface area contributed by atoms with Crippen molar-refractivity contribution in [1.82, 2.24) is 9.38 Å². The fraction of sp³-hybridized carbons (Fsp3) is 0.273. The highest BCUT2D eigenvalue weighted by atomic mass is 16.5. The van der Waals surface area contributed by atoms with Crippen LogP contribution < -0.4 is 0 Å². The molecule has 0 bridgehead atoms. The number of pyridine rings is 1. The maximum absolute atomic E-state index is 11.2. The number of rotatable bonds is 3. The Balaban J connectivity index is 2.60. The molecule has 0 aliphatic carbocycles. The number of carbonyl (C=O) groups excluding carboxylic acids is 1. The van der Waals surface area contributed by atoms with E-state index in [4.69, 9.17) is 0 Å². The number of esters is 1. The molecule has 0 saturated carbocycles. The van der Waals surface area contributed by atoms with Gasteiger partial charge in [-0.25, -0.2) is 4.98 Å². The largest absolute Gasteiger partial charge is 0.469 e. The monoisotopic (exact) mass is 233 g/mol. The van der Waals surface area contributed by atoms with E-state index in [0.717, 1.165) is 5.69 Å². The molecule has 88 valence electrons. The molecule has 0 atom stereocenters. The Hall–Kier alpha value is -2.24. The zero-order chi connectivity index (χ0) is 12.4. The van der Waals surface area contributed by atoms with Gasteiger partial charge in [-0.05, 0) is 24.2 Å². The van der Waals surface area contributed by atoms with Crippen LogP contribution in [0.15, 0.2) is 23.4 Å². The van der Waals surface area contributed by atoms with Crippen molar-refractivity contribution in [2.45, 2.75) is 13.3 Å². The summed E-state index contributed by atoms with van der Waals surface area (Å²) >= 11 is 0. The van der Waals surface area contributed by atoms with Crippen molar-refractivity contribution in [2.75, 3.05) is 7.11 Å². The molecule has 2 heterocycles. The van der Waals surface area contributed by atoms with Crippen LogP contribution in [0.3, 0.4) is 0 Å². The first kappa shape index (κ1) is 11.3. The fourth-order valence-electron chi connectivity index (χ4n) is 1.70. The molecule has 0 aliphatic rings. The predicted molar refractivity (Wildman–Crippen MR) is 61.1 cm³/mol. The Labute approximate surface area is 97.2 Å². The zero-order valence-electron chi connectivity index (χ0n) is 9.51. The minimum atomic E-state index is -0.448. The minimum Gasteiger partial charge on any atom is -0.469 e. The first-order chi connectivity index (χ1) is 8.17. The SMILES string of the molecule is COC(=O)Cc1nc2cccc(C)n2c1N=O. The van der Waals surface area contributed by atoms with E-state index in [1.54, 1.807) is 10.5 Å². The average molecular weight is 233 g/mol. The molecule has 0 fully saturated rings. The number of nitrogens with zero attached hydrogens (tertiary/aromatic N) is 3. The molecule has 17 heavy (non-hydrogen) atoms. The Kier molecular flexibility index (Phi) is 2.86. The van der Waals surface area contributed by atoms with Gasteiger partial charge in [0.15, 0.2) is 0 Å². The van der Waals surface area contributed by atoms with Crippen molar-refractivity contribution in [3.8, 4) is 0 Å². The second-order valence-electron chi connectivity index (χ2n) is 3.59. The number of aryl methyl sites for hydroxylation is 1. The third-order valence-corrected chi connectivity index (χ3v) is 2.51. The molecule has 0 aromatic carbocycles. The van der Waals surface area contributed by atoms with Crippen molar-refractivity contribution in [3.05, 3.63) is 34.5 Å². The molecule has 0 aliphatic heterocycles. The van der Waals surface area contributed by atoms with Gasteiger partial charge in [-0.3, -0.25) is 9.20 Å². The Morgan fingerprint density at radius 2 is 2.29 bits per heavy atom. The van der Waals surface area contributed by atoms with Gasteiger partial charge < -0.3 is 4.74 Å². The number of nitroso groups, excluding NO2 is 1. The summed E-state index contributed by atoms with van der Waals surface area (Å²) in [6.45, 7) is 1.84. The van der Waals surface area contributed by atoms with E-state index in [9.17, 15) is 9.70 Å². The Bertz CT molecular complexity index is 589. The molecule has 6 heteroatoms. The number of hydrogen-bond acceptors (Lipinski definition) is 5. The highest BCUT2D eigenvalue weighted by Gasteiger charge is 2.17. The fourth-order valence-corrected chi connectivity index (χ4v) is 1.70. The van der Waals surface area contributed by atoms with Gasteiger partial charge >= 0.3 is 5.97 Å². The summed E-state index contributed by atoms with van der Waals surface area (Å²) in [6.07, 6.45) is -0.0569. The van der Waals surface area contributed by atoms with Crippen LogP contribution in [0.4, 0.5) is 5.82 Å². The molecule has 0 saturated heterocycles. The smallest absolute Gasteiger partial charge is 0.311 e. The van der Waals surface area contributed by atoms with E-state index in [2.05, 4.69) is 14.9 Å². The van der Waals surface area contributed by atoms with Crippen LogP contribution in [-0.4, -0.2) is 22.5 Å². The van der Waals surface area contributed by atoms with Crippen LogP contribution in [0.5, 0.6) is 0 Å². The molecular formula is C11H11N3O3. The van der Waals surface area contributed by atoms with Crippen LogP contribution >= 0.6 is 0 Å². The van der Waals surface area contributed by atoms with Crippen molar-refractivity contribution >= 4 is 17.4 Å². The minimum absolute atomic E-state index is 0.0569. The molecule has 0 spiro atoms. The standard InChI is InChI=1S/C11H11N3O3/c1-7-4-3-5-9-12-8(6-10(15)17-2)11(13-16)14(7)9/h3-5H,6H2,1-2H3. The molecule has 2 aromatic rings. The number of aromatic nitrogens is 2. The van der Waals surface area contributed by atoms with Gasteiger partial charge in [0.1, 0.15) is 11.3 Å². The highest BCUT2D eigenvalue weighted by Crippen LogP contribution is 2.23. The number of ether oxygens (including phenoxy) is 1. The van der Waals surface area contributed by atoms with Gasteiger partial charge in [0.25, 0.3) is 0 Å². The van der Waals surface area contributed by atoms with Gasteiger partial charge in [0.2, 0.25) is 5.82 Å². The maximum atomic E-state index is 11.2. The molecule has 2 aromatic heterocycles. The summed E-state index contributed by atoms with van der Waals surface area (Å²) in [5.74, 6) is -0.292. The molecule has 0 radical (unpaired) electrons. The topological polar surface area (TPSA) is 73.0 Å². The third-order valence-electron chi connectivity index (χ3n) is 2.51. The summed E-state index contributed by atoms with van der Waals surface area (Å²) in [7, 11) is 1.29. The number of imidazole rings is 1. The highest BCUT2D eigenvalue weighted by molar-refractivity contribution is 5.74. The van der Waals surface area contributed by atoms with Gasteiger partial charge in [-0.1, -0.05) is 6.07 Å². The van der Waals surface area contributed by atoms with E-state index in [1.165, 1.54) is 7.11 Å². The summed E-state index contributed by atoms with van der Waals surface area (Å²) in [6, 6.07) is 5.42. The quantitative estimate of drug-likeness (QED) is 0.598. The summed E-state index contributed by atoms with van der Waals surface area (Å²) < 4.78 is 6.16. The van der Waals surface area contributed by atoms with Gasteiger partial charge in [-0.15, -0.1) is 4.91 Å². The number of fused-ring (bicyclic) bond motifs is 1. The molecule has 2 rings (SSSR count). The number of methoxy groups -OCH3 is 1. The lowest BCUT2D eigenvalue weighted by atomic mass is 10.3. The maximum Gasteiger partial charge on any atom is 0.311 e. The predicted octanol–water partition coefficient (Wildman–Crippen LogP) is 1.76. The van der Waals surface area contributed by atoms with E-state index in [1.807, 2.05) is 19.1 Å². The number of hydrogen-bond donors (Lipinski definition) is 0. The van der Waals surface area contributed by atoms with E-state index in [-0.39, 0.29) is 12.2 Å². The van der Waals surface area contributed by atoms with Crippen molar-refractivity contribution in [1.29, 1.82) is 0 Å². The first-order valence-corrected chi connectivity index (χ1v) is 5.04. The molecule has 0 amide bonds. The van der Waals surface area contributed by atoms with Crippen molar-refractivity contribution in [2.24, 2.45) is 5.18 Å². The van der Waals surface area contributed by atoms with Gasteiger partial charge in [0, 0.05) is 5.69 Å². The summed E-state index contributed by atoms with van der Waals surface area (Å²) in [5, 5.41) is 2.95. The van der Waals surface area contributed by atoms with Gasteiger partial charge in [0.05, 0.1) is 13.5 Å². The molecule has 0 unspecified atom stereocenters. The van der Waals surface area contributed by atoms with Crippen LogP contribution in [0.25, 0.3) is 5.65 Å². The Morgan fingerprint density at radius 1 is 1.53 bits per heavy atom. The first-order valence-electron chi connectivity index (χ1n) is 5.04. The lowest BCUT2D eigenvalue weighted by molar-refractivity contribution is -0.139. The van der Waals surface area contributed by atoms with E-state index in [0.29, 0.717) is 11.3 Å². The second-order valence-corrected chi connectivity index (χ2v) is 3.59. The van der Waals surface area contributed by atoms with Crippen LogP contribution in [0.1, 0.15) is 11.4 Å². The zero-order valence-corrected chi connectivity index (χ0v) is 9.51. The summed E-state index contributed by atoms with van der Waals surface area (Å²) in [4.78, 5) is 26.3. The lowest BCUT2D eigenvalue weighted by Gasteiger charge is -1.99. The molecule has 0 N–H and O–H groups in total. The Morgan fingerprint density at radius 3 is 2.94 bits per heavy atom. The van der Waals surface area contributed by atoms with E-state index >= 15 is 0 Å². The molecular weight excluding hydrogens is 222 g/mol. The van der Waals surface area contributed by atoms with E-state index < -0.39 is 5.97 Å². The number of carbonyl (C=O) groups is 1.